The van der Waals surface area contributed by atoms with E-state index in [1.807, 2.05) is 40.6 Å². The van der Waals surface area contributed by atoms with Gasteiger partial charge in [-0.3, -0.25) is 14.4 Å². The van der Waals surface area contributed by atoms with Crippen molar-refractivity contribution >= 4 is 40.4 Å². The minimum Gasteiger partial charge on any atom is -0.497 e. The van der Waals surface area contributed by atoms with Gasteiger partial charge in [-0.2, -0.15) is 0 Å². The molecule has 2 aromatic carbocycles. The predicted molar refractivity (Wildman–Crippen MR) is 148 cm³/mol. The summed E-state index contributed by atoms with van der Waals surface area (Å²) in [4.78, 5) is 44.4. The largest absolute Gasteiger partial charge is 0.497 e. The van der Waals surface area contributed by atoms with Gasteiger partial charge in [0.05, 0.1) is 18.6 Å². The molecule has 0 unspecified atom stereocenters. The van der Waals surface area contributed by atoms with E-state index < -0.39 is 0 Å². The lowest BCUT2D eigenvalue weighted by molar-refractivity contribution is -0.117. The average Bonchev–Trinajstić information content (AvgIpc) is 3.50. The van der Waals surface area contributed by atoms with Gasteiger partial charge in [0, 0.05) is 56.8 Å². The number of benzene rings is 2. The van der Waals surface area contributed by atoms with Gasteiger partial charge in [0.15, 0.2) is 0 Å². The molecule has 38 heavy (non-hydrogen) atoms. The highest BCUT2D eigenvalue weighted by atomic mass is 32.1. The summed E-state index contributed by atoms with van der Waals surface area (Å²) in [7, 11) is 3.16. The summed E-state index contributed by atoms with van der Waals surface area (Å²) in [6, 6.07) is 18.3. The number of nitrogens with one attached hydrogen (secondary N) is 1. The van der Waals surface area contributed by atoms with E-state index in [1.165, 1.54) is 16.2 Å². The van der Waals surface area contributed by atoms with Crippen molar-refractivity contribution in [3.63, 3.8) is 0 Å². The molecule has 0 bridgehead atoms. The molecule has 4 rings (SSSR count). The fourth-order valence-electron chi connectivity index (χ4n) is 4.22. The number of ether oxygens (including phenoxy) is 2. The van der Waals surface area contributed by atoms with E-state index in [1.54, 1.807) is 44.6 Å². The minimum absolute atomic E-state index is 0.0162. The zero-order chi connectivity index (χ0) is 26.9. The maximum Gasteiger partial charge on any atom is 0.264 e. The van der Waals surface area contributed by atoms with Gasteiger partial charge in [-0.05, 0) is 60.0 Å². The summed E-state index contributed by atoms with van der Waals surface area (Å²) in [6.07, 6.45) is 0. The van der Waals surface area contributed by atoms with Crippen molar-refractivity contribution in [2.24, 2.45) is 0 Å². The Kier molecular flexibility index (Phi) is 9.34. The van der Waals surface area contributed by atoms with Crippen LogP contribution in [-0.4, -0.2) is 87.6 Å². The molecular weight excluding hydrogens is 504 g/mol. The van der Waals surface area contributed by atoms with Crippen molar-refractivity contribution < 1.29 is 23.9 Å². The smallest absolute Gasteiger partial charge is 0.264 e. The molecule has 3 amide bonds. The molecular formula is C28H32N4O5S. The number of piperazine rings is 1. The Bertz CT molecular complexity index is 1210. The van der Waals surface area contributed by atoms with Crippen LogP contribution in [0.15, 0.2) is 66.0 Å². The molecule has 1 saturated heterocycles. The van der Waals surface area contributed by atoms with Crippen LogP contribution in [0.2, 0.25) is 0 Å². The van der Waals surface area contributed by atoms with Crippen molar-refractivity contribution in [2.75, 3.05) is 70.3 Å². The Morgan fingerprint density at radius 2 is 1.66 bits per heavy atom. The van der Waals surface area contributed by atoms with Crippen LogP contribution >= 0.6 is 11.3 Å². The lowest BCUT2D eigenvalue weighted by Crippen LogP contribution is -2.48. The van der Waals surface area contributed by atoms with Crippen LogP contribution < -0.4 is 15.0 Å². The highest BCUT2D eigenvalue weighted by Gasteiger charge is 2.23. The Balaban J connectivity index is 1.28. The van der Waals surface area contributed by atoms with Crippen molar-refractivity contribution in [1.82, 2.24) is 9.80 Å². The quantitative estimate of drug-likeness (QED) is 0.427. The fourth-order valence-corrected chi connectivity index (χ4v) is 4.91. The van der Waals surface area contributed by atoms with Gasteiger partial charge < -0.3 is 29.5 Å². The van der Waals surface area contributed by atoms with E-state index in [0.717, 1.165) is 11.4 Å². The summed E-state index contributed by atoms with van der Waals surface area (Å²) in [5.74, 6) is 0.278. The molecule has 1 aromatic heterocycles. The summed E-state index contributed by atoms with van der Waals surface area (Å²) in [5, 5.41) is 4.71. The fraction of sp³-hybridized carbons (Fsp3) is 0.321. The second kappa shape index (κ2) is 13.1. The van der Waals surface area contributed by atoms with Crippen molar-refractivity contribution in [3.8, 4) is 5.75 Å². The SMILES string of the molecule is COCCN(CC(=O)Nc1ccc(N2CCN(C(=O)c3ccc(OC)cc3)CC2)cc1)C(=O)c1cccs1. The molecule has 0 spiro atoms. The zero-order valence-electron chi connectivity index (χ0n) is 21.6. The Labute approximate surface area is 226 Å². The van der Waals surface area contributed by atoms with Crippen LogP contribution in [0.4, 0.5) is 11.4 Å². The molecule has 1 fully saturated rings. The van der Waals surface area contributed by atoms with Gasteiger partial charge in [0.2, 0.25) is 5.91 Å². The number of amides is 3. The Morgan fingerprint density at radius 1 is 0.947 bits per heavy atom. The van der Waals surface area contributed by atoms with E-state index in [2.05, 4.69) is 10.2 Å². The third-order valence-corrected chi connectivity index (χ3v) is 7.20. The van der Waals surface area contributed by atoms with Crippen LogP contribution in [0.1, 0.15) is 20.0 Å². The number of hydrogen-bond donors (Lipinski definition) is 1. The van der Waals surface area contributed by atoms with Crippen LogP contribution in [0.3, 0.4) is 0 Å². The zero-order valence-corrected chi connectivity index (χ0v) is 22.4. The maximum atomic E-state index is 12.8. The Hall–Kier alpha value is -3.89. The number of hydrogen-bond acceptors (Lipinski definition) is 7. The minimum atomic E-state index is -0.274. The number of thiophene rings is 1. The van der Waals surface area contributed by atoms with E-state index in [9.17, 15) is 14.4 Å². The molecule has 1 aliphatic heterocycles. The second-order valence-corrected chi connectivity index (χ2v) is 9.75. The number of rotatable bonds is 10. The first kappa shape index (κ1) is 27.2. The molecule has 0 aliphatic carbocycles. The first-order chi connectivity index (χ1) is 18.5. The van der Waals surface area contributed by atoms with Crippen LogP contribution in [-0.2, 0) is 9.53 Å². The van der Waals surface area contributed by atoms with Crippen LogP contribution in [0.25, 0.3) is 0 Å². The Morgan fingerprint density at radius 3 is 2.26 bits per heavy atom. The first-order valence-electron chi connectivity index (χ1n) is 12.4. The molecule has 10 heteroatoms. The molecule has 1 N–H and O–H groups in total. The van der Waals surface area contributed by atoms with Gasteiger partial charge in [-0.15, -0.1) is 11.3 Å². The third-order valence-electron chi connectivity index (χ3n) is 6.34. The van der Waals surface area contributed by atoms with Gasteiger partial charge in [-0.25, -0.2) is 0 Å². The van der Waals surface area contributed by atoms with Crippen molar-refractivity contribution in [3.05, 3.63) is 76.5 Å². The molecule has 200 valence electrons. The molecule has 1 aliphatic rings. The summed E-state index contributed by atoms with van der Waals surface area (Å²) in [5.41, 5.74) is 2.33. The highest BCUT2D eigenvalue weighted by molar-refractivity contribution is 7.12. The monoisotopic (exact) mass is 536 g/mol. The van der Waals surface area contributed by atoms with Crippen molar-refractivity contribution in [2.45, 2.75) is 0 Å². The molecule has 3 aromatic rings. The number of carbonyl (C=O) groups excluding carboxylic acids is 3. The third kappa shape index (κ3) is 6.90. The number of nitrogens with zero attached hydrogens (tertiary/aromatic N) is 3. The predicted octanol–water partition coefficient (Wildman–Crippen LogP) is 3.45. The molecule has 2 heterocycles. The number of methoxy groups -OCH3 is 2. The lowest BCUT2D eigenvalue weighted by atomic mass is 10.1. The van der Waals surface area contributed by atoms with Gasteiger partial charge in [0.25, 0.3) is 11.8 Å². The topological polar surface area (TPSA) is 91.4 Å². The molecule has 0 atom stereocenters. The number of carbonyl (C=O) groups is 3. The summed E-state index contributed by atoms with van der Waals surface area (Å²) < 4.78 is 10.3. The van der Waals surface area contributed by atoms with E-state index in [-0.39, 0.29) is 24.3 Å². The van der Waals surface area contributed by atoms with Crippen molar-refractivity contribution in [1.29, 1.82) is 0 Å². The normalized spacial score (nSPS) is 13.2. The summed E-state index contributed by atoms with van der Waals surface area (Å²) in [6.45, 7) is 3.29. The summed E-state index contributed by atoms with van der Waals surface area (Å²) >= 11 is 1.35. The maximum absolute atomic E-state index is 12.8. The standard InChI is InChI=1S/C28H32N4O5S/c1-36-18-17-32(28(35)25-4-3-19-38-25)20-26(33)29-22-7-9-23(10-8-22)30-13-15-31(16-14-30)27(34)21-5-11-24(37-2)12-6-21/h3-12,19H,13-18,20H2,1-2H3,(H,29,33). The van der Waals surface area contributed by atoms with Crippen LogP contribution in [0, 0.1) is 0 Å². The number of anilines is 2. The van der Waals surface area contributed by atoms with E-state index >= 15 is 0 Å². The van der Waals surface area contributed by atoms with Gasteiger partial charge in [-0.1, -0.05) is 6.07 Å². The molecule has 9 nitrogen and oxygen atoms in total. The lowest BCUT2D eigenvalue weighted by Gasteiger charge is -2.36. The average molecular weight is 537 g/mol. The highest BCUT2D eigenvalue weighted by Crippen LogP contribution is 2.21. The van der Waals surface area contributed by atoms with E-state index in [4.69, 9.17) is 9.47 Å². The van der Waals surface area contributed by atoms with Gasteiger partial charge in [0.1, 0.15) is 12.3 Å². The second-order valence-electron chi connectivity index (χ2n) is 8.80. The van der Waals surface area contributed by atoms with E-state index in [0.29, 0.717) is 55.5 Å². The van der Waals surface area contributed by atoms with Crippen LogP contribution in [0.5, 0.6) is 5.75 Å². The van der Waals surface area contributed by atoms with Gasteiger partial charge >= 0.3 is 0 Å². The molecule has 0 saturated carbocycles. The first-order valence-corrected chi connectivity index (χ1v) is 13.3. The molecule has 0 radical (unpaired) electrons.